The van der Waals surface area contributed by atoms with Crippen molar-refractivity contribution in [2.45, 2.75) is 6.92 Å². The van der Waals surface area contributed by atoms with Crippen LogP contribution in [0, 0.1) is 0 Å². The number of allylic oxidation sites excluding steroid dienone is 1. The Bertz CT molecular complexity index is 398. The molecule has 1 heterocycles. The molecule has 1 aromatic rings. The van der Waals surface area contributed by atoms with Gasteiger partial charge in [-0.05, 0) is 32.2 Å². The number of nitrogens with two attached hydrogens (primary N) is 1. The van der Waals surface area contributed by atoms with Gasteiger partial charge < -0.3 is 10.6 Å². The van der Waals surface area contributed by atoms with Gasteiger partial charge in [-0.3, -0.25) is 4.90 Å². The van der Waals surface area contributed by atoms with Crippen LogP contribution in [0.1, 0.15) is 6.92 Å². The molecule has 0 radical (unpaired) electrons. The predicted octanol–water partition coefficient (Wildman–Crippen LogP) is 1.92. The quantitative estimate of drug-likeness (QED) is 0.729. The van der Waals surface area contributed by atoms with E-state index in [1.54, 1.807) is 0 Å². The van der Waals surface area contributed by atoms with E-state index in [4.69, 9.17) is 5.73 Å². The minimum absolute atomic E-state index is 0.826. The average Bonchev–Trinajstić information content (AvgIpc) is 2.28. The molecule has 2 N–H and O–H groups in total. The molecule has 0 bridgehead atoms. The van der Waals surface area contributed by atoms with Crippen LogP contribution in [0.5, 0.6) is 0 Å². The average molecular weight is 217 g/mol. The van der Waals surface area contributed by atoms with Crippen LogP contribution in [0.15, 0.2) is 36.0 Å². The Morgan fingerprint density at radius 2 is 2.12 bits per heavy atom. The number of piperazine rings is 1. The number of anilines is 2. The van der Waals surface area contributed by atoms with Gasteiger partial charge in [-0.1, -0.05) is 12.1 Å². The second-order valence-corrected chi connectivity index (χ2v) is 4.26. The first-order valence-corrected chi connectivity index (χ1v) is 5.67. The Hall–Kier alpha value is -1.48. The van der Waals surface area contributed by atoms with Gasteiger partial charge in [-0.2, -0.15) is 0 Å². The van der Waals surface area contributed by atoms with E-state index in [0.29, 0.717) is 0 Å². The molecule has 0 spiro atoms. The fraction of sp³-hybridized carbons (Fsp3) is 0.385. The number of hydrogen-bond donors (Lipinski definition) is 1. The molecule has 16 heavy (non-hydrogen) atoms. The Morgan fingerprint density at radius 1 is 1.31 bits per heavy atom. The molecule has 3 heteroatoms. The minimum Gasteiger partial charge on any atom is -0.399 e. The molecule has 0 atom stereocenters. The number of benzene rings is 1. The summed E-state index contributed by atoms with van der Waals surface area (Å²) in [6.45, 7) is 5.21. The molecule has 0 saturated carbocycles. The second kappa shape index (κ2) is 4.58. The summed E-state index contributed by atoms with van der Waals surface area (Å²) in [5.74, 6) is 0. The lowest BCUT2D eigenvalue weighted by Crippen LogP contribution is -2.42. The highest BCUT2D eigenvalue weighted by Crippen LogP contribution is 2.24. The molecular formula is C13H19N3. The summed E-state index contributed by atoms with van der Waals surface area (Å²) < 4.78 is 0. The largest absolute Gasteiger partial charge is 0.399 e. The van der Waals surface area contributed by atoms with E-state index < -0.39 is 0 Å². The highest BCUT2D eigenvalue weighted by molar-refractivity contribution is 5.59. The standard InChI is InChI=1S/C13H19N3/c1-3-12-10-15(2)7-8-16(12)13-6-4-5-11(14)9-13/h3-6,9H,7-8,10,14H2,1-2H3/b12-3+. The lowest BCUT2D eigenvalue weighted by atomic mass is 10.2. The fourth-order valence-corrected chi connectivity index (χ4v) is 2.09. The summed E-state index contributed by atoms with van der Waals surface area (Å²) in [5.41, 5.74) is 9.19. The maximum absolute atomic E-state index is 5.82. The SMILES string of the molecule is C/C=C1\CN(C)CCN1c1cccc(N)c1. The van der Waals surface area contributed by atoms with Crippen molar-refractivity contribution >= 4 is 11.4 Å². The Balaban J connectivity index is 2.26. The first-order valence-electron chi connectivity index (χ1n) is 5.67. The van der Waals surface area contributed by atoms with Crippen molar-refractivity contribution in [1.82, 2.24) is 4.90 Å². The monoisotopic (exact) mass is 217 g/mol. The van der Waals surface area contributed by atoms with Crippen molar-refractivity contribution in [3.05, 3.63) is 36.0 Å². The van der Waals surface area contributed by atoms with E-state index in [9.17, 15) is 0 Å². The third-order valence-electron chi connectivity index (χ3n) is 3.00. The molecule has 1 saturated heterocycles. The Labute approximate surface area is 97.2 Å². The van der Waals surface area contributed by atoms with Crippen LogP contribution >= 0.6 is 0 Å². The summed E-state index contributed by atoms with van der Waals surface area (Å²) in [6.07, 6.45) is 2.18. The van der Waals surface area contributed by atoms with Crippen molar-refractivity contribution in [3.8, 4) is 0 Å². The van der Waals surface area contributed by atoms with Crippen molar-refractivity contribution in [1.29, 1.82) is 0 Å². The third kappa shape index (κ3) is 2.19. The molecule has 1 aliphatic heterocycles. The summed E-state index contributed by atoms with van der Waals surface area (Å²) in [4.78, 5) is 4.68. The molecule has 0 amide bonds. The molecule has 1 aromatic carbocycles. The lowest BCUT2D eigenvalue weighted by molar-refractivity contribution is 0.340. The maximum atomic E-state index is 5.82. The van der Waals surface area contributed by atoms with Crippen molar-refractivity contribution in [3.63, 3.8) is 0 Å². The summed E-state index contributed by atoms with van der Waals surface area (Å²) in [6, 6.07) is 8.09. The van der Waals surface area contributed by atoms with Crippen LogP contribution in [0.2, 0.25) is 0 Å². The lowest BCUT2D eigenvalue weighted by Gasteiger charge is -2.36. The van der Waals surface area contributed by atoms with Crippen LogP contribution in [-0.4, -0.2) is 31.6 Å². The van der Waals surface area contributed by atoms with E-state index in [2.05, 4.69) is 35.9 Å². The highest BCUT2D eigenvalue weighted by Gasteiger charge is 2.18. The number of likely N-dealkylation sites (N-methyl/N-ethyl adjacent to an activating group) is 1. The molecule has 2 rings (SSSR count). The number of hydrogen-bond acceptors (Lipinski definition) is 3. The molecule has 1 fully saturated rings. The number of nitrogen functional groups attached to an aromatic ring is 1. The van der Waals surface area contributed by atoms with E-state index in [-0.39, 0.29) is 0 Å². The maximum Gasteiger partial charge on any atom is 0.0429 e. The number of nitrogens with zero attached hydrogens (tertiary/aromatic N) is 2. The molecule has 1 aliphatic rings. The summed E-state index contributed by atoms with van der Waals surface area (Å²) in [7, 11) is 2.15. The third-order valence-corrected chi connectivity index (χ3v) is 3.00. The van der Waals surface area contributed by atoms with Crippen LogP contribution in [0.3, 0.4) is 0 Å². The van der Waals surface area contributed by atoms with Gasteiger partial charge in [0.05, 0.1) is 0 Å². The zero-order chi connectivity index (χ0) is 11.5. The topological polar surface area (TPSA) is 32.5 Å². The molecule has 0 aliphatic carbocycles. The van der Waals surface area contributed by atoms with Gasteiger partial charge in [0, 0.05) is 36.7 Å². The van der Waals surface area contributed by atoms with Crippen molar-refractivity contribution in [2.24, 2.45) is 0 Å². The summed E-state index contributed by atoms with van der Waals surface area (Å²) in [5, 5.41) is 0. The zero-order valence-electron chi connectivity index (χ0n) is 9.98. The van der Waals surface area contributed by atoms with Crippen LogP contribution in [-0.2, 0) is 0 Å². The van der Waals surface area contributed by atoms with Gasteiger partial charge in [-0.15, -0.1) is 0 Å². The first kappa shape index (κ1) is 11.0. The molecule has 86 valence electrons. The highest BCUT2D eigenvalue weighted by atomic mass is 15.3. The number of rotatable bonds is 1. The Morgan fingerprint density at radius 3 is 2.81 bits per heavy atom. The minimum atomic E-state index is 0.826. The smallest absolute Gasteiger partial charge is 0.0429 e. The van der Waals surface area contributed by atoms with E-state index >= 15 is 0 Å². The van der Waals surface area contributed by atoms with Gasteiger partial charge >= 0.3 is 0 Å². The van der Waals surface area contributed by atoms with Gasteiger partial charge in [0.1, 0.15) is 0 Å². The van der Waals surface area contributed by atoms with E-state index in [1.807, 2.05) is 18.2 Å². The van der Waals surface area contributed by atoms with Crippen LogP contribution in [0.25, 0.3) is 0 Å². The van der Waals surface area contributed by atoms with Gasteiger partial charge in [0.2, 0.25) is 0 Å². The van der Waals surface area contributed by atoms with Crippen molar-refractivity contribution in [2.75, 3.05) is 37.3 Å². The van der Waals surface area contributed by atoms with E-state index in [1.165, 1.54) is 11.4 Å². The van der Waals surface area contributed by atoms with Gasteiger partial charge in [-0.25, -0.2) is 0 Å². The van der Waals surface area contributed by atoms with Crippen molar-refractivity contribution < 1.29 is 0 Å². The molecule has 0 unspecified atom stereocenters. The van der Waals surface area contributed by atoms with Crippen LogP contribution < -0.4 is 10.6 Å². The second-order valence-electron chi connectivity index (χ2n) is 4.26. The van der Waals surface area contributed by atoms with Crippen LogP contribution in [0.4, 0.5) is 11.4 Å². The van der Waals surface area contributed by atoms with Gasteiger partial charge in [0.15, 0.2) is 0 Å². The van der Waals surface area contributed by atoms with E-state index in [0.717, 1.165) is 25.3 Å². The summed E-state index contributed by atoms with van der Waals surface area (Å²) >= 11 is 0. The molecule has 3 nitrogen and oxygen atoms in total. The normalized spacial score (nSPS) is 20.4. The predicted molar refractivity (Wildman–Crippen MR) is 69.5 cm³/mol. The molecule has 0 aromatic heterocycles. The molecular weight excluding hydrogens is 198 g/mol. The fourth-order valence-electron chi connectivity index (χ4n) is 2.09. The van der Waals surface area contributed by atoms with Gasteiger partial charge in [0.25, 0.3) is 0 Å². The first-order chi connectivity index (χ1) is 7.70. The zero-order valence-corrected chi connectivity index (χ0v) is 9.98. The Kier molecular flexibility index (Phi) is 3.15.